The number of halogens is 1. The van der Waals surface area contributed by atoms with E-state index in [0.717, 1.165) is 16.7 Å². The Hall–Kier alpha value is -1.15. The van der Waals surface area contributed by atoms with Crippen molar-refractivity contribution >= 4 is 11.3 Å². The number of thiophene rings is 1. The van der Waals surface area contributed by atoms with Crippen LogP contribution in [0.1, 0.15) is 5.56 Å². The average molecular weight is 192 g/mol. The first-order valence-corrected chi connectivity index (χ1v) is 5.01. The number of hydrogen-bond acceptors (Lipinski definition) is 1. The molecule has 0 fully saturated rings. The van der Waals surface area contributed by atoms with Crippen LogP contribution in [-0.2, 0) is 0 Å². The molecule has 0 spiro atoms. The fourth-order valence-corrected chi connectivity index (χ4v) is 2.05. The second kappa shape index (κ2) is 3.30. The Balaban J connectivity index is 2.64. The molecule has 1 aromatic carbocycles. The van der Waals surface area contributed by atoms with Crippen molar-refractivity contribution in [1.29, 1.82) is 0 Å². The van der Waals surface area contributed by atoms with E-state index in [1.807, 2.05) is 29.8 Å². The molecule has 0 aliphatic carbocycles. The van der Waals surface area contributed by atoms with E-state index < -0.39 is 0 Å². The summed E-state index contributed by atoms with van der Waals surface area (Å²) >= 11 is 1.59. The van der Waals surface area contributed by atoms with Crippen LogP contribution < -0.4 is 0 Å². The highest BCUT2D eigenvalue weighted by atomic mass is 32.1. The van der Waals surface area contributed by atoms with Gasteiger partial charge in [-0.15, -0.1) is 0 Å². The molecule has 0 nitrogen and oxygen atoms in total. The zero-order chi connectivity index (χ0) is 9.26. The van der Waals surface area contributed by atoms with E-state index in [9.17, 15) is 4.39 Å². The number of rotatable bonds is 1. The lowest BCUT2D eigenvalue weighted by Crippen LogP contribution is -1.85. The van der Waals surface area contributed by atoms with Gasteiger partial charge in [-0.2, -0.15) is 11.3 Å². The Labute approximate surface area is 80.7 Å². The summed E-state index contributed by atoms with van der Waals surface area (Å²) in [5.74, 6) is -0.140. The number of hydrogen-bond donors (Lipinski definition) is 0. The van der Waals surface area contributed by atoms with Crippen molar-refractivity contribution in [2.24, 2.45) is 0 Å². The summed E-state index contributed by atoms with van der Waals surface area (Å²) in [5.41, 5.74) is 2.68. The van der Waals surface area contributed by atoms with Gasteiger partial charge >= 0.3 is 0 Å². The van der Waals surface area contributed by atoms with E-state index in [4.69, 9.17) is 0 Å². The van der Waals surface area contributed by atoms with Crippen molar-refractivity contribution in [2.75, 3.05) is 0 Å². The van der Waals surface area contributed by atoms with Gasteiger partial charge in [0.05, 0.1) is 0 Å². The molecule has 0 atom stereocenters. The van der Waals surface area contributed by atoms with Gasteiger partial charge in [-0.05, 0) is 40.9 Å². The standard InChI is InChI=1S/C11H9FS/c1-8-3-2-4-10(12)11(8)9-5-6-13-7-9/h2-7H,1H3. The number of benzene rings is 1. The predicted molar refractivity (Wildman–Crippen MR) is 54.5 cm³/mol. The van der Waals surface area contributed by atoms with E-state index in [-0.39, 0.29) is 5.82 Å². The van der Waals surface area contributed by atoms with Crippen molar-refractivity contribution in [3.05, 3.63) is 46.4 Å². The molecule has 0 N–H and O–H groups in total. The third-order valence-corrected chi connectivity index (χ3v) is 2.72. The van der Waals surface area contributed by atoms with Gasteiger partial charge in [0, 0.05) is 5.56 Å². The van der Waals surface area contributed by atoms with Crippen molar-refractivity contribution in [1.82, 2.24) is 0 Å². The molecule has 0 amide bonds. The highest BCUT2D eigenvalue weighted by molar-refractivity contribution is 7.08. The van der Waals surface area contributed by atoms with Gasteiger partial charge in [-0.3, -0.25) is 0 Å². The van der Waals surface area contributed by atoms with Gasteiger partial charge in [0.2, 0.25) is 0 Å². The van der Waals surface area contributed by atoms with E-state index in [2.05, 4.69) is 0 Å². The first kappa shape index (κ1) is 8.45. The first-order chi connectivity index (χ1) is 6.29. The Kier molecular flexibility index (Phi) is 2.15. The summed E-state index contributed by atoms with van der Waals surface area (Å²) in [7, 11) is 0. The van der Waals surface area contributed by atoms with Crippen LogP contribution in [-0.4, -0.2) is 0 Å². The summed E-state index contributed by atoms with van der Waals surface area (Å²) < 4.78 is 13.4. The Morgan fingerprint density at radius 1 is 1.23 bits per heavy atom. The molecule has 2 rings (SSSR count). The van der Waals surface area contributed by atoms with E-state index >= 15 is 0 Å². The topological polar surface area (TPSA) is 0 Å². The monoisotopic (exact) mass is 192 g/mol. The smallest absolute Gasteiger partial charge is 0.131 e. The highest BCUT2D eigenvalue weighted by Crippen LogP contribution is 2.27. The molecular weight excluding hydrogens is 183 g/mol. The van der Waals surface area contributed by atoms with E-state index in [1.165, 1.54) is 6.07 Å². The lowest BCUT2D eigenvalue weighted by atomic mass is 10.0. The van der Waals surface area contributed by atoms with Gasteiger partial charge in [-0.25, -0.2) is 4.39 Å². The zero-order valence-corrected chi connectivity index (χ0v) is 8.07. The molecule has 0 aliphatic heterocycles. The predicted octanol–water partition coefficient (Wildman–Crippen LogP) is 3.86. The summed E-state index contributed by atoms with van der Waals surface area (Å²) in [5, 5.41) is 3.92. The lowest BCUT2D eigenvalue weighted by Gasteiger charge is -2.03. The molecular formula is C11H9FS. The van der Waals surface area contributed by atoms with Crippen LogP contribution in [0.15, 0.2) is 35.0 Å². The molecule has 0 unspecified atom stereocenters. The second-order valence-electron chi connectivity index (χ2n) is 2.94. The lowest BCUT2D eigenvalue weighted by molar-refractivity contribution is 0.630. The normalized spacial score (nSPS) is 10.3. The molecule has 2 aromatic rings. The zero-order valence-electron chi connectivity index (χ0n) is 7.25. The van der Waals surface area contributed by atoms with E-state index in [1.54, 1.807) is 17.4 Å². The van der Waals surface area contributed by atoms with Crippen LogP contribution in [0.4, 0.5) is 4.39 Å². The quantitative estimate of drug-likeness (QED) is 0.643. The molecule has 0 saturated heterocycles. The van der Waals surface area contributed by atoms with Gasteiger partial charge in [-0.1, -0.05) is 12.1 Å². The second-order valence-corrected chi connectivity index (χ2v) is 3.72. The molecule has 1 heterocycles. The molecule has 66 valence electrons. The van der Waals surface area contributed by atoms with Gasteiger partial charge in [0.15, 0.2) is 0 Å². The maximum Gasteiger partial charge on any atom is 0.131 e. The van der Waals surface area contributed by atoms with Crippen LogP contribution in [0.25, 0.3) is 11.1 Å². The minimum absolute atomic E-state index is 0.140. The minimum atomic E-state index is -0.140. The van der Waals surface area contributed by atoms with Gasteiger partial charge in [0.1, 0.15) is 5.82 Å². The average Bonchev–Trinajstić information content (AvgIpc) is 2.57. The fraction of sp³-hybridized carbons (Fsp3) is 0.0909. The van der Waals surface area contributed by atoms with E-state index in [0.29, 0.717) is 0 Å². The highest BCUT2D eigenvalue weighted by Gasteiger charge is 2.07. The molecule has 0 radical (unpaired) electrons. The van der Waals surface area contributed by atoms with Gasteiger partial charge in [0.25, 0.3) is 0 Å². The fourth-order valence-electron chi connectivity index (χ4n) is 1.40. The van der Waals surface area contributed by atoms with Gasteiger partial charge < -0.3 is 0 Å². The minimum Gasteiger partial charge on any atom is -0.206 e. The van der Waals surface area contributed by atoms with Crippen LogP contribution in [0.3, 0.4) is 0 Å². The molecule has 13 heavy (non-hydrogen) atoms. The summed E-state index contributed by atoms with van der Waals surface area (Å²) in [6.07, 6.45) is 0. The maximum absolute atomic E-state index is 13.4. The molecule has 1 aromatic heterocycles. The van der Waals surface area contributed by atoms with Crippen molar-refractivity contribution < 1.29 is 4.39 Å². The molecule has 2 heteroatoms. The Bertz CT molecular complexity index is 384. The third-order valence-electron chi connectivity index (χ3n) is 2.03. The molecule has 0 bridgehead atoms. The Morgan fingerprint density at radius 2 is 2.08 bits per heavy atom. The number of aryl methyl sites for hydroxylation is 1. The van der Waals surface area contributed by atoms with Crippen molar-refractivity contribution in [3.63, 3.8) is 0 Å². The summed E-state index contributed by atoms with van der Waals surface area (Å²) in [6.45, 7) is 1.93. The van der Waals surface area contributed by atoms with Crippen LogP contribution in [0, 0.1) is 12.7 Å². The van der Waals surface area contributed by atoms with Crippen LogP contribution in [0.2, 0.25) is 0 Å². The van der Waals surface area contributed by atoms with Crippen molar-refractivity contribution in [2.45, 2.75) is 6.92 Å². The molecule has 0 saturated carbocycles. The SMILES string of the molecule is Cc1cccc(F)c1-c1ccsc1. The first-order valence-electron chi connectivity index (χ1n) is 4.07. The summed E-state index contributed by atoms with van der Waals surface area (Å²) in [6, 6.07) is 7.10. The van der Waals surface area contributed by atoms with Crippen molar-refractivity contribution in [3.8, 4) is 11.1 Å². The third kappa shape index (κ3) is 1.49. The molecule has 0 aliphatic rings. The summed E-state index contributed by atoms with van der Waals surface area (Å²) in [4.78, 5) is 0. The largest absolute Gasteiger partial charge is 0.206 e. The van der Waals surface area contributed by atoms with Crippen LogP contribution >= 0.6 is 11.3 Å². The maximum atomic E-state index is 13.4. The van der Waals surface area contributed by atoms with Crippen LogP contribution in [0.5, 0.6) is 0 Å². The Morgan fingerprint density at radius 3 is 2.69 bits per heavy atom.